The fraction of sp³-hybridized carbons (Fsp3) is 0.263. The number of nitrogens with two attached hydrogens (primary N) is 1. The number of hydrogen-bond acceptors (Lipinski definition) is 7. The second-order valence-electron chi connectivity index (χ2n) is 6.19. The Morgan fingerprint density at radius 2 is 1.90 bits per heavy atom. The van der Waals surface area contributed by atoms with Crippen LogP contribution < -0.4 is 19.4 Å². The van der Waals surface area contributed by atoms with Crippen molar-refractivity contribution in [2.24, 2.45) is 10.1 Å². The topological polar surface area (TPSA) is 122 Å². The minimum Gasteiger partial charge on any atom is -0.497 e. The van der Waals surface area contributed by atoms with Gasteiger partial charge in [0.05, 0.1) is 41.5 Å². The molecule has 0 spiro atoms. The van der Waals surface area contributed by atoms with E-state index in [0.717, 1.165) is 5.52 Å². The summed E-state index contributed by atoms with van der Waals surface area (Å²) in [6.07, 6.45) is 0. The Balaban J connectivity index is 2.15. The van der Waals surface area contributed by atoms with Crippen molar-refractivity contribution in [1.29, 1.82) is 0 Å². The number of thiazole rings is 1. The largest absolute Gasteiger partial charge is 0.497 e. The van der Waals surface area contributed by atoms with E-state index >= 15 is 0 Å². The molecule has 0 unspecified atom stereocenters. The molecule has 3 rings (SSSR count). The number of sulfonamides is 1. The highest BCUT2D eigenvalue weighted by Gasteiger charge is 2.16. The van der Waals surface area contributed by atoms with E-state index in [1.807, 2.05) is 0 Å². The van der Waals surface area contributed by atoms with Gasteiger partial charge in [-0.2, -0.15) is 4.99 Å². The van der Waals surface area contributed by atoms with Gasteiger partial charge in [-0.3, -0.25) is 4.79 Å². The standard InChI is InChI=1S/C19H21N3O6S2/c1-26-9-8-22-15-7-5-13(30(20,24)25)11-17(15)29-19(22)21-18(23)14-6-4-12(27-2)10-16(14)28-3/h4-7,10-11H,8-9H2,1-3H3,(H2,20,24,25). The van der Waals surface area contributed by atoms with Crippen molar-refractivity contribution < 1.29 is 27.4 Å². The van der Waals surface area contributed by atoms with Gasteiger partial charge in [-0.05, 0) is 30.3 Å². The Morgan fingerprint density at radius 3 is 2.53 bits per heavy atom. The van der Waals surface area contributed by atoms with E-state index < -0.39 is 15.9 Å². The first-order chi connectivity index (χ1) is 14.3. The van der Waals surface area contributed by atoms with Gasteiger partial charge in [0, 0.05) is 19.7 Å². The third-order valence-corrected chi connectivity index (χ3v) is 6.29. The van der Waals surface area contributed by atoms with E-state index in [0.29, 0.717) is 34.2 Å². The lowest BCUT2D eigenvalue weighted by Gasteiger charge is -2.08. The molecular weight excluding hydrogens is 430 g/mol. The Labute approximate surface area is 177 Å². The molecule has 0 bridgehead atoms. The van der Waals surface area contributed by atoms with Crippen molar-refractivity contribution in [3.63, 3.8) is 0 Å². The van der Waals surface area contributed by atoms with Crippen LogP contribution in [-0.4, -0.2) is 46.8 Å². The molecule has 2 N–H and O–H groups in total. The van der Waals surface area contributed by atoms with Crippen LogP contribution in [0.15, 0.2) is 46.3 Å². The van der Waals surface area contributed by atoms with Crippen molar-refractivity contribution in [2.75, 3.05) is 27.9 Å². The number of fused-ring (bicyclic) bond motifs is 1. The van der Waals surface area contributed by atoms with E-state index in [1.165, 1.54) is 37.7 Å². The lowest BCUT2D eigenvalue weighted by atomic mass is 10.2. The Morgan fingerprint density at radius 1 is 1.13 bits per heavy atom. The van der Waals surface area contributed by atoms with Crippen molar-refractivity contribution in [3.05, 3.63) is 46.8 Å². The van der Waals surface area contributed by atoms with Gasteiger partial charge in [-0.25, -0.2) is 13.6 Å². The van der Waals surface area contributed by atoms with Gasteiger partial charge in [-0.15, -0.1) is 0 Å². The first-order valence-corrected chi connectivity index (χ1v) is 11.1. The third-order valence-electron chi connectivity index (χ3n) is 4.34. The normalized spacial score (nSPS) is 12.3. The minimum absolute atomic E-state index is 0.00941. The van der Waals surface area contributed by atoms with Gasteiger partial charge in [0.15, 0.2) is 4.80 Å². The molecule has 0 atom stereocenters. The van der Waals surface area contributed by atoms with Crippen LogP contribution in [0.5, 0.6) is 11.5 Å². The van der Waals surface area contributed by atoms with Gasteiger partial charge in [0.2, 0.25) is 10.0 Å². The summed E-state index contributed by atoms with van der Waals surface area (Å²) in [6, 6.07) is 9.36. The Bertz CT molecular complexity index is 1260. The van der Waals surface area contributed by atoms with Crippen molar-refractivity contribution in [3.8, 4) is 11.5 Å². The average molecular weight is 452 g/mol. The number of primary sulfonamides is 1. The fourth-order valence-electron chi connectivity index (χ4n) is 2.84. The van der Waals surface area contributed by atoms with E-state index in [2.05, 4.69) is 4.99 Å². The second-order valence-corrected chi connectivity index (χ2v) is 8.76. The van der Waals surface area contributed by atoms with Gasteiger partial charge in [0.1, 0.15) is 11.5 Å². The first kappa shape index (κ1) is 22.0. The molecular formula is C19H21N3O6S2. The maximum absolute atomic E-state index is 12.9. The number of carbonyl (C=O) groups is 1. The number of methoxy groups -OCH3 is 3. The molecule has 2 aromatic carbocycles. The van der Waals surface area contributed by atoms with Gasteiger partial charge in [0.25, 0.3) is 5.91 Å². The van der Waals surface area contributed by atoms with Crippen LogP contribution in [0.2, 0.25) is 0 Å². The van der Waals surface area contributed by atoms with Crippen LogP contribution in [0.3, 0.4) is 0 Å². The first-order valence-electron chi connectivity index (χ1n) is 8.74. The highest BCUT2D eigenvalue weighted by molar-refractivity contribution is 7.89. The number of ether oxygens (including phenoxy) is 3. The highest BCUT2D eigenvalue weighted by Crippen LogP contribution is 2.26. The molecule has 9 nitrogen and oxygen atoms in total. The van der Waals surface area contributed by atoms with Crippen LogP contribution >= 0.6 is 11.3 Å². The van der Waals surface area contributed by atoms with Crippen LogP contribution in [0.4, 0.5) is 0 Å². The maximum Gasteiger partial charge on any atom is 0.283 e. The number of rotatable bonds is 7. The zero-order valence-electron chi connectivity index (χ0n) is 16.6. The number of amides is 1. The highest BCUT2D eigenvalue weighted by atomic mass is 32.2. The summed E-state index contributed by atoms with van der Waals surface area (Å²) in [4.78, 5) is 17.5. The predicted molar refractivity (Wildman–Crippen MR) is 113 cm³/mol. The summed E-state index contributed by atoms with van der Waals surface area (Å²) >= 11 is 1.18. The van der Waals surface area contributed by atoms with Gasteiger partial charge < -0.3 is 18.8 Å². The second kappa shape index (κ2) is 8.96. The number of aromatic nitrogens is 1. The molecule has 11 heteroatoms. The molecule has 0 fully saturated rings. The van der Waals surface area contributed by atoms with Crippen molar-refractivity contribution >= 4 is 37.5 Å². The van der Waals surface area contributed by atoms with Crippen LogP contribution in [0.25, 0.3) is 10.2 Å². The number of nitrogens with zero attached hydrogens (tertiary/aromatic N) is 2. The molecule has 160 valence electrons. The van der Waals surface area contributed by atoms with Crippen LogP contribution in [0, 0.1) is 0 Å². The summed E-state index contributed by atoms with van der Waals surface area (Å²) in [6.45, 7) is 0.813. The minimum atomic E-state index is -3.85. The summed E-state index contributed by atoms with van der Waals surface area (Å²) < 4.78 is 41.4. The zero-order chi connectivity index (χ0) is 21.9. The quantitative estimate of drug-likeness (QED) is 0.584. The molecule has 30 heavy (non-hydrogen) atoms. The molecule has 1 heterocycles. The summed E-state index contributed by atoms with van der Waals surface area (Å²) in [5.41, 5.74) is 0.997. The van der Waals surface area contributed by atoms with E-state index in [4.69, 9.17) is 19.3 Å². The number of carbonyl (C=O) groups excluding carboxylic acids is 1. The molecule has 0 aliphatic carbocycles. The van der Waals surface area contributed by atoms with Gasteiger partial charge in [-0.1, -0.05) is 11.3 Å². The molecule has 0 aliphatic heterocycles. The maximum atomic E-state index is 12.9. The van der Waals surface area contributed by atoms with E-state index in [-0.39, 0.29) is 10.5 Å². The van der Waals surface area contributed by atoms with E-state index in [1.54, 1.807) is 35.9 Å². The number of hydrogen-bond donors (Lipinski definition) is 1. The smallest absolute Gasteiger partial charge is 0.283 e. The van der Waals surface area contributed by atoms with Gasteiger partial charge >= 0.3 is 0 Å². The molecule has 0 aliphatic rings. The Kier molecular flexibility index (Phi) is 6.56. The summed E-state index contributed by atoms with van der Waals surface area (Å²) in [5.74, 6) is 0.388. The fourth-order valence-corrected chi connectivity index (χ4v) is 4.55. The third kappa shape index (κ3) is 4.54. The average Bonchev–Trinajstić information content (AvgIpc) is 3.06. The summed E-state index contributed by atoms with van der Waals surface area (Å²) in [5, 5.41) is 5.23. The molecule has 0 radical (unpaired) electrons. The molecule has 1 aromatic heterocycles. The zero-order valence-corrected chi connectivity index (χ0v) is 18.2. The SMILES string of the molecule is COCCn1c(=NC(=O)c2ccc(OC)cc2OC)sc2cc(S(N)(=O)=O)ccc21. The molecule has 0 saturated carbocycles. The Hall–Kier alpha value is -2.73. The van der Waals surface area contributed by atoms with Crippen LogP contribution in [-0.2, 0) is 21.3 Å². The van der Waals surface area contributed by atoms with Crippen LogP contribution in [0.1, 0.15) is 10.4 Å². The van der Waals surface area contributed by atoms with E-state index in [9.17, 15) is 13.2 Å². The summed E-state index contributed by atoms with van der Waals surface area (Å²) in [7, 11) is 0.695. The lowest BCUT2D eigenvalue weighted by molar-refractivity contribution is 0.0994. The lowest BCUT2D eigenvalue weighted by Crippen LogP contribution is -2.19. The predicted octanol–water partition coefficient (Wildman–Crippen LogP) is 1.75. The molecule has 0 saturated heterocycles. The van der Waals surface area contributed by atoms with Crippen molar-refractivity contribution in [2.45, 2.75) is 11.4 Å². The monoisotopic (exact) mass is 451 g/mol. The molecule has 1 amide bonds. The molecule has 3 aromatic rings. The number of benzene rings is 2. The van der Waals surface area contributed by atoms with Crippen molar-refractivity contribution in [1.82, 2.24) is 4.57 Å².